The van der Waals surface area contributed by atoms with E-state index in [1.165, 1.54) is 15.7 Å². The molecular formula is C13H18N4O5. The fourth-order valence-corrected chi connectivity index (χ4v) is 2.65. The van der Waals surface area contributed by atoms with Crippen LogP contribution in [0.15, 0.2) is 6.20 Å². The molecule has 1 aromatic heterocycles. The first-order chi connectivity index (χ1) is 10.3. The fourth-order valence-electron chi connectivity index (χ4n) is 2.65. The van der Waals surface area contributed by atoms with Crippen LogP contribution < -0.4 is 0 Å². The van der Waals surface area contributed by atoms with E-state index in [4.69, 9.17) is 0 Å². The molecule has 120 valence electrons. The largest absolute Gasteiger partial charge is 0.480 e. The number of carboxylic acids is 1. The van der Waals surface area contributed by atoms with E-state index < -0.39 is 16.9 Å². The number of nitrogens with zero attached hydrogens (tertiary/aromatic N) is 4. The Balaban J connectivity index is 2.14. The van der Waals surface area contributed by atoms with Gasteiger partial charge in [-0.25, -0.2) is 4.79 Å². The molecule has 9 nitrogen and oxygen atoms in total. The molecule has 0 spiro atoms. The minimum absolute atomic E-state index is 0.148. The summed E-state index contributed by atoms with van der Waals surface area (Å²) >= 11 is 0. The summed E-state index contributed by atoms with van der Waals surface area (Å²) < 4.78 is 1.37. The van der Waals surface area contributed by atoms with Crippen molar-refractivity contribution in [3.05, 3.63) is 22.1 Å². The molecule has 1 aliphatic rings. The number of hydrogen-bond acceptors (Lipinski definition) is 5. The van der Waals surface area contributed by atoms with Crippen molar-refractivity contribution in [1.29, 1.82) is 0 Å². The molecule has 1 saturated heterocycles. The number of aryl methyl sites for hydroxylation is 1. The summed E-state index contributed by atoms with van der Waals surface area (Å²) in [6.45, 7) is 3.76. The van der Waals surface area contributed by atoms with Gasteiger partial charge in [-0.3, -0.25) is 9.36 Å². The Morgan fingerprint density at radius 1 is 1.55 bits per heavy atom. The number of carboxylic acid groups (broad SMARTS) is 1. The standard InChI is InChI=1S/C13H18N4O5/c1-8-3-4-16(10(5-8)13(19)20)12(18)7-15-6-11(17(21)22)14-9(15)2/h6,8,10H,3-5,7H2,1-2H3,(H,19,20). The highest BCUT2D eigenvalue weighted by Gasteiger charge is 2.35. The molecule has 2 unspecified atom stereocenters. The van der Waals surface area contributed by atoms with Gasteiger partial charge < -0.3 is 20.1 Å². The number of carbonyl (C=O) groups excluding carboxylic acids is 1. The molecule has 2 rings (SSSR count). The van der Waals surface area contributed by atoms with Crippen LogP contribution >= 0.6 is 0 Å². The Morgan fingerprint density at radius 3 is 2.77 bits per heavy atom. The molecule has 1 N–H and O–H groups in total. The Hall–Kier alpha value is -2.45. The second-order valence-electron chi connectivity index (χ2n) is 5.60. The number of imidazole rings is 1. The van der Waals surface area contributed by atoms with Gasteiger partial charge in [0, 0.05) is 13.5 Å². The van der Waals surface area contributed by atoms with Crippen LogP contribution in [0.3, 0.4) is 0 Å². The Kier molecular flexibility index (Phi) is 4.43. The number of carbonyl (C=O) groups is 2. The van der Waals surface area contributed by atoms with E-state index >= 15 is 0 Å². The SMILES string of the molecule is Cc1nc([N+](=O)[O-])cn1CC(=O)N1CCC(C)CC1C(=O)O. The van der Waals surface area contributed by atoms with Gasteiger partial charge in [0.1, 0.15) is 18.8 Å². The molecule has 2 atom stereocenters. The lowest BCUT2D eigenvalue weighted by molar-refractivity contribution is -0.389. The summed E-state index contributed by atoms with van der Waals surface area (Å²) in [5.74, 6) is -1.12. The number of aliphatic carboxylic acids is 1. The maximum Gasteiger partial charge on any atom is 0.381 e. The van der Waals surface area contributed by atoms with Crippen molar-refractivity contribution < 1.29 is 19.6 Å². The van der Waals surface area contributed by atoms with E-state index in [2.05, 4.69) is 4.98 Å². The molecule has 0 aliphatic carbocycles. The maximum absolute atomic E-state index is 12.4. The van der Waals surface area contributed by atoms with Crippen molar-refractivity contribution in [2.45, 2.75) is 39.3 Å². The van der Waals surface area contributed by atoms with Gasteiger partial charge in [0.2, 0.25) is 11.7 Å². The molecular weight excluding hydrogens is 292 g/mol. The van der Waals surface area contributed by atoms with Crippen molar-refractivity contribution in [3.8, 4) is 0 Å². The zero-order valence-electron chi connectivity index (χ0n) is 12.4. The van der Waals surface area contributed by atoms with Gasteiger partial charge in [0.05, 0.1) is 0 Å². The molecule has 0 saturated carbocycles. The van der Waals surface area contributed by atoms with Gasteiger partial charge in [-0.05, 0) is 28.7 Å². The summed E-state index contributed by atoms with van der Waals surface area (Å²) in [5, 5.41) is 20.0. The monoisotopic (exact) mass is 310 g/mol. The first-order valence-corrected chi connectivity index (χ1v) is 7.00. The van der Waals surface area contributed by atoms with E-state index in [0.717, 1.165) is 6.42 Å². The number of amides is 1. The number of hydrogen-bond donors (Lipinski definition) is 1. The van der Waals surface area contributed by atoms with Crippen LogP contribution in [0.5, 0.6) is 0 Å². The quantitative estimate of drug-likeness (QED) is 0.649. The third kappa shape index (κ3) is 3.23. The van der Waals surface area contributed by atoms with Crippen molar-refractivity contribution in [2.24, 2.45) is 5.92 Å². The fraction of sp³-hybridized carbons (Fsp3) is 0.615. The lowest BCUT2D eigenvalue weighted by Crippen LogP contribution is -2.50. The van der Waals surface area contributed by atoms with Gasteiger partial charge in [-0.15, -0.1) is 0 Å². The normalized spacial score (nSPS) is 21.6. The Labute approximate surface area is 126 Å². The van der Waals surface area contributed by atoms with Gasteiger partial charge in [-0.1, -0.05) is 6.92 Å². The van der Waals surface area contributed by atoms with Crippen LogP contribution in [0.2, 0.25) is 0 Å². The molecule has 1 amide bonds. The molecule has 0 aromatic carbocycles. The summed E-state index contributed by atoms with van der Waals surface area (Å²) in [6.07, 6.45) is 2.36. The van der Waals surface area contributed by atoms with E-state index in [0.29, 0.717) is 18.8 Å². The highest BCUT2D eigenvalue weighted by Crippen LogP contribution is 2.23. The van der Waals surface area contributed by atoms with Crippen LogP contribution in [-0.4, -0.2) is 48.9 Å². The first-order valence-electron chi connectivity index (χ1n) is 7.00. The molecule has 1 fully saturated rings. The van der Waals surface area contributed by atoms with Gasteiger partial charge in [-0.2, -0.15) is 0 Å². The van der Waals surface area contributed by atoms with Gasteiger partial charge in [0.25, 0.3) is 0 Å². The topological polar surface area (TPSA) is 119 Å². The summed E-state index contributed by atoms with van der Waals surface area (Å²) in [7, 11) is 0. The Morgan fingerprint density at radius 2 is 2.23 bits per heavy atom. The second-order valence-corrected chi connectivity index (χ2v) is 5.60. The predicted octanol–water partition coefficient (Wildman–Crippen LogP) is 0.811. The zero-order chi connectivity index (χ0) is 16.4. The van der Waals surface area contributed by atoms with E-state index in [-0.39, 0.29) is 24.2 Å². The zero-order valence-corrected chi connectivity index (χ0v) is 12.4. The van der Waals surface area contributed by atoms with Crippen molar-refractivity contribution in [1.82, 2.24) is 14.5 Å². The van der Waals surface area contributed by atoms with Crippen molar-refractivity contribution >= 4 is 17.7 Å². The summed E-state index contributed by atoms with van der Waals surface area (Å²) in [5.41, 5.74) is 0. The van der Waals surface area contributed by atoms with Gasteiger partial charge >= 0.3 is 11.8 Å². The second kappa shape index (κ2) is 6.12. The number of rotatable bonds is 4. The molecule has 9 heteroatoms. The lowest BCUT2D eigenvalue weighted by atomic mass is 9.92. The molecule has 0 bridgehead atoms. The molecule has 22 heavy (non-hydrogen) atoms. The molecule has 2 heterocycles. The molecule has 1 aromatic rings. The minimum Gasteiger partial charge on any atom is -0.480 e. The average molecular weight is 310 g/mol. The third-order valence-corrected chi connectivity index (χ3v) is 3.93. The maximum atomic E-state index is 12.4. The predicted molar refractivity (Wildman–Crippen MR) is 75.2 cm³/mol. The average Bonchev–Trinajstić information content (AvgIpc) is 2.80. The number of aromatic nitrogens is 2. The van der Waals surface area contributed by atoms with Crippen LogP contribution in [0.1, 0.15) is 25.6 Å². The van der Waals surface area contributed by atoms with E-state index in [1.54, 1.807) is 6.92 Å². The van der Waals surface area contributed by atoms with Crippen molar-refractivity contribution in [3.63, 3.8) is 0 Å². The van der Waals surface area contributed by atoms with Gasteiger partial charge in [0.15, 0.2) is 0 Å². The number of piperidine rings is 1. The third-order valence-electron chi connectivity index (χ3n) is 3.93. The van der Waals surface area contributed by atoms with Crippen LogP contribution in [0, 0.1) is 23.0 Å². The highest BCUT2D eigenvalue weighted by molar-refractivity contribution is 5.83. The molecule has 1 aliphatic heterocycles. The molecule has 0 radical (unpaired) electrons. The van der Waals surface area contributed by atoms with Crippen LogP contribution in [-0.2, 0) is 16.1 Å². The Bertz CT molecular complexity index is 612. The summed E-state index contributed by atoms with van der Waals surface area (Å²) in [4.78, 5) is 38.8. The smallest absolute Gasteiger partial charge is 0.381 e. The van der Waals surface area contributed by atoms with E-state index in [1.807, 2.05) is 6.92 Å². The van der Waals surface area contributed by atoms with E-state index in [9.17, 15) is 24.8 Å². The summed E-state index contributed by atoms with van der Waals surface area (Å²) in [6, 6.07) is -0.838. The van der Waals surface area contributed by atoms with Crippen LogP contribution in [0.25, 0.3) is 0 Å². The van der Waals surface area contributed by atoms with Crippen LogP contribution in [0.4, 0.5) is 5.82 Å². The first kappa shape index (κ1) is 15.9. The number of nitro groups is 1. The minimum atomic E-state index is -1.02. The highest BCUT2D eigenvalue weighted by atomic mass is 16.6. The lowest BCUT2D eigenvalue weighted by Gasteiger charge is -2.36. The van der Waals surface area contributed by atoms with Crippen molar-refractivity contribution in [2.75, 3.05) is 6.54 Å². The number of likely N-dealkylation sites (tertiary alicyclic amines) is 1.